The smallest absolute Gasteiger partial charge is 0.409 e. The highest BCUT2D eigenvalue weighted by molar-refractivity contribution is 7.89. The van der Waals surface area contributed by atoms with Crippen molar-refractivity contribution in [3.8, 4) is 0 Å². The van der Waals surface area contributed by atoms with E-state index in [-0.39, 0.29) is 43.2 Å². The highest BCUT2D eigenvalue weighted by Gasteiger charge is 2.30. The van der Waals surface area contributed by atoms with Crippen LogP contribution in [0, 0.1) is 0 Å². The van der Waals surface area contributed by atoms with E-state index in [1.807, 2.05) is 0 Å². The zero-order chi connectivity index (χ0) is 22.6. The van der Waals surface area contributed by atoms with Crippen LogP contribution in [0.25, 0.3) is 0 Å². The molecule has 11 heteroatoms. The summed E-state index contributed by atoms with van der Waals surface area (Å²) in [5.74, 6) is -0.426. The van der Waals surface area contributed by atoms with E-state index in [4.69, 9.17) is 27.9 Å². The zero-order valence-corrected chi connectivity index (χ0v) is 19.0. The lowest BCUT2D eigenvalue weighted by Gasteiger charge is -2.33. The standard InChI is InChI=1S/C20H21Cl2N3O5S/c1-2-30-20(27)24-7-9-25(10-8-24)31(28,29)18-5-3-14(4-6-18)19(26)23-17-12-15(21)11-16(22)13-17/h3-6,11-13H,2,7-10H2,1H3,(H,23,26). The number of sulfonamides is 1. The second-order valence-corrected chi connectivity index (χ2v) is 9.54. The average molecular weight is 486 g/mol. The van der Waals surface area contributed by atoms with Crippen molar-refractivity contribution in [2.75, 3.05) is 38.1 Å². The van der Waals surface area contributed by atoms with Crippen LogP contribution in [0.15, 0.2) is 47.4 Å². The summed E-state index contributed by atoms with van der Waals surface area (Å²) in [4.78, 5) is 25.8. The molecule has 0 bridgehead atoms. The Balaban J connectivity index is 1.66. The second-order valence-electron chi connectivity index (χ2n) is 6.73. The van der Waals surface area contributed by atoms with Crippen LogP contribution in [-0.2, 0) is 14.8 Å². The van der Waals surface area contributed by atoms with Gasteiger partial charge in [-0.3, -0.25) is 4.79 Å². The van der Waals surface area contributed by atoms with Gasteiger partial charge in [0.25, 0.3) is 5.91 Å². The quantitative estimate of drug-likeness (QED) is 0.695. The molecule has 31 heavy (non-hydrogen) atoms. The number of anilines is 1. The van der Waals surface area contributed by atoms with Crippen LogP contribution < -0.4 is 5.32 Å². The van der Waals surface area contributed by atoms with Crippen molar-refractivity contribution in [1.29, 1.82) is 0 Å². The topological polar surface area (TPSA) is 96.0 Å². The molecule has 2 aromatic carbocycles. The normalized spacial score (nSPS) is 14.9. The van der Waals surface area contributed by atoms with Crippen molar-refractivity contribution in [3.63, 3.8) is 0 Å². The minimum Gasteiger partial charge on any atom is -0.450 e. The third-order valence-corrected chi connectivity index (χ3v) is 6.99. The van der Waals surface area contributed by atoms with E-state index in [2.05, 4.69) is 5.32 Å². The van der Waals surface area contributed by atoms with Crippen LogP contribution in [0.4, 0.5) is 10.5 Å². The van der Waals surface area contributed by atoms with Gasteiger partial charge in [0.15, 0.2) is 0 Å². The SMILES string of the molecule is CCOC(=O)N1CCN(S(=O)(=O)c2ccc(C(=O)Nc3cc(Cl)cc(Cl)c3)cc2)CC1. The number of hydrogen-bond acceptors (Lipinski definition) is 5. The Morgan fingerprint density at radius 1 is 1.00 bits per heavy atom. The fraction of sp³-hybridized carbons (Fsp3) is 0.300. The van der Waals surface area contributed by atoms with E-state index >= 15 is 0 Å². The largest absolute Gasteiger partial charge is 0.450 e. The van der Waals surface area contributed by atoms with Gasteiger partial charge in [-0.05, 0) is 49.4 Å². The third kappa shape index (κ3) is 5.68. The Kier molecular flexibility index (Phi) is 7.42. The summed E-state index contributed by atoms with van der Waals surface area (Å²) >= 11 is 11.9. The summed E-state index contributed by atoms with van der Waals surface area (Å²) in [7, 11) is -3.75. The van der Waals surface area contributed by atoms with Gasteiger partial charge in [0.05, 0.1) is 11.5 Å². The Labute approximate surface area is 190 Å². The molecule has 1 aliphatic heterocycles. The molecule has 0 radical (unpaired) electrons. The number of ether oxygens (including phenoxy) is 1. The minimum absolute atomic E-state index is 0.0689. The molecule has 1 N–H and O–H groups in total. The zero-order valence-electron chi connectivity index (χ0n) is 16.7. The molecule has 0 aromatic heterocycles. The molecular formula is C20H21Cl2N3O5S. The molecule has 2 aromatic rings. The second kappa shape index (κ2) is 9.86. The molecule has 3 rings (SSSR count). The molecule has 0 unspecified atom stereocenters. The molecule has 1 saturated heterocycles. The first-order chi connectivity index (χ1) is 14.7. The fourth-order valence-corrected chi connectivity index (χ4v) is 5.03. The molecule has 8 nitrogen and oxygen atoms in total. The van der Waals surface area contributed by atoms with E-state index in [0.717, 1.165) is 0 Å². The lowest BCUT2D eigenvalue weighted by atomic mass is 10.2. The van der Waals surface area contributed by atoms with Crippen LogP contribution in [0.3, 0.4) is 0 Å². The number of halogens is 2. The number of hydrogen-bond donors (Lipinski definition) is 1. The Morgan fingerprint density at radius 2 is 1.58 bits per heavy atom. The Bertz CT molecular complexity index is 1050. The van der Waals surface area contributed by atoms with Gasteiger partial charge in [0.1, 0.15) is 0 Å². The van der Waals surface area contributed by atoms with Crippen LogP contribution in [0.1, 0.15) is 17.3 Å². The first-order valence-corrected chi connectivity index (χ1v) is 11.7. The van der Waals surface area contributed by atoms with E-state index in [1.165, 1.54) is 33.5 Å². The van der Waals surface area contributed by atoms with Crippen LogP contribution in [-0.4, -0.2) is 62.4 Å². The van der Waals surface area contributed by atoms with Crippen molar-refractivity contribution >= 4 is 50.9 Å². The molecule has 0 atom stereocenters. The maximum Gasteiger partial charge on any atom is 0.409 e. The summed E-state index contributed by atoms with van der Waals surface area (Å²) in [6.07, 6.45) is -0.448. The number of nitrogens with zero attached hydrogens (tertiary/aromatic N) is 2. The van der Waals surface area contributed by atoms with E-state index in [0.29, 0.717) is 15.7 Å². The Morgan fingerprint density at radius 3 is 2.13 bits per heavy atom. The third-order valence-electron chi connectivity index (χ3n) is 4.64. The van der Waals surface area contributed by atoms with Gasteiger partial charge in [-0.1, -0.05) is 23.2 Å². The van der Waals surface area contributed by atoms with Crippen LogP contribution in [0.2, 0.25) is 10.0 Å². The van der Waals surface area contributed by atoms with Crippen molar-refractivity contribution in [2.45, 2.75) is 11.8 Å². The lowest BCUT2D eigenvalue weighted by Crippen LogP contribution is -2.50. The number of nitrogens with one attached hydrogen (secondary N) is 1. The maximum atomic E-state index is 12.9. The molecular weight excluding hydrogens is 465 g/mol. The highest BCUT2D eigenvalue weighted by atomic mass is 35.5. The van der Waals surface area contributed by atoms with E-state index < -0.39 is 22.0 Å². The summed E-state index contributed by atoms with van der Waals surface area (Å²) in [5, 5.41) is 3.43. The molecule has 1 heterocycles. The van der Waals surface area contributed by atoms with Gasteiger partial charge in [-0.2, -0.15) is 4.31 Å². The number of piperazine rings is 1. The van der Waals surface area contributed by atoms with Crippen molar-refractivity contribution in [1.82, 2.24) is 9.21 Å². The molecule has 2 amide bonds. The van der Waals surface area contributed by atoms with Crippen LogP contribution in [0.5, 0.6) is 0 Å². The molecule has 0 aliphatic carbocycles. The summed E-state index contributed by atoms with van der Waals surface area (Å²) in [6.45, 7) is 2.81. The van der Waals surface area contributed by atoms with Crippen molar-refractivity contribution < 1.29 is 22.7 Å². The predicted molar refractivity (Wildman–Crippen MR) is 118 cm³/mol. The number of carbonyl (C=O) groups is 2. The summed E-state index contributed by atoms with van der Waals surface area (Å²) in [5.41, 5.74) is 0.709. The number of benzene rings is 2. The van der Waals surface area contributed by atoms with Gasteiger partial charge >= 0.3 is 6.09 Å². The van der Waals surface area contributed by atoms with Crippen molar-refractivity contribution in [2.24, 2.45) is 0 Å². The highest BCUT2D eigenvalue weighted by Crippen LogP contribution is 2.23. The molecule has 0 spiro atoms. The molecule has 1 fully saturated rings. The average Bonchev–Trinajstić information content (AvgIpc) is 2.73. The fourth-order valence-electron chi connectivity index (χ4n) is 3.08. The number of rotatable bonds is 5. The number of carbonyl (C=O) groups excluding carboxylic acids is 2. The van der Waals surface area contributed by atoms with Gasteiger partial charge in [-0.15, -0.1) is 0 Å². The minimum atomic E-state index is -3.75. The van der Waals surface area contributed by atoms with Crippen molar-refractivity contribution in [3.05, 3.63) is 58.1 Å². The maximum absolute atomic E-state index is 12.9. The molecule has 1 aliphatic rings. The predicted octanol–water partition coefficient (Wildman–Crippen LogP) is 3.71. The number of amides is 2. The Hall–Kier alpha value is -2.33. The monoisotopic (exact) mass is 485 g/mol. The van der Waals surface area contributed by atoms with Gasteiger partial charge in [0.2, 0.25) is 10.0 Å². The van der Waals surface area contributed by atoms with Gasteiger partial charge in [0, 0.05) is 47.5 Å². The van der Waals surface area contributed by atoms with Gasteiger partial charge in [-0.25, -0.2) is 13.2 Å². The molecule has 0 saturated carbocycles. The van der Waals surface area contributed by atoms with E-state index in [9.17, 15) is 18.0 Å². The summed E-state index contributed by atoms with van der Waals surface area (Å²) in [6, 6.07) is 10.3. The summed E-state index contributed by atoms with van der Waals surface area (Å²) < 4.78 is 32.1. The van der Waals surface area contributed by atoms with Gasteiger partial charge < -0.3 is 15.0 Å². The van der Waals surface area contributed by atoms with E-state index in [1.54, 1.807) is 25.1 Å². The first kappa shape index (κ1) is 23.3. The lowest BCUT2D eigenvalue weighted by molar-refractivity contribution is 0.0933. The molecule has 166 valence electrons. The van der Waals surface area contributed by atoms with Crippen LogP contribution >= 0.6 is 23.2 Å². The first-order valence-electron chi connectivity index (χ1n) is 9.50.